The van der Waals surface area contributed by atoms with E-state index in [1.807, 2.05) is 0 Å². The molecule has 2 N–H and O–H groups in total. The number of rotatable bonds is 4. The van der Waals surface area contributed by atoms with E-state index in [0.29, 0.717) is 12.1 Å². The minimum absolute atomic E-state index is 0.590. The van der Waals surface area contributed by atoms with Crippen molar-refractivity contribution in [2.24, 2.45) is 5.73 Å². The van der Waals surface area contributed by atoms with E-state index in [0.717, 1.165) is 26.3 Å². The topological polar surface area (TPSA) is 38.5 Å². The molecule has 0 amide bonds. The van der Waals surface area contributed by atoms with Crippen LogP contribution in [0.3, 0.4) is 0 Å². The van der Waals surface area contributed by atoms with E-state index in [9.17, 15) is 0 Å². The van der Waals surface area contributed by atoms with Crippen LogP contribution in [0.15, 0.2) is 0 Å². The van der Waals surface area contributed by atoms with Crippen LogP contribution in [0.4, 0.5) is 0 Å². The fraction of sp³-hybridized carbons (Fsp3) is 1.00. The van der Waals surface area contributed by atoms with Gasteiger partial charge in [-0.05, 0) is 13.8 Å². The number of nitrogens with two attached hydrogens (primary N) is 1. The maximum Gasteiger partial charge on any atom is 0.0645 e. The molecule has 0 aromatic carbocycles. The van der Waals surface area contributed by atoms with Crippen molar-refractivity contribution in [3.63, 3.8) is 0 Å². The molecule has 1 saturated heterocycles. The Hall–Kier alpha value is -0.120. The zero-order valence-corrected chi connectivity index (χ0v) is 7.42. The van der Waals surface area contributed by atoms with E-state index in [1.54, 1.807) is 0 Å². The lowest BCUT2D eigenvalue weighted by Gasteiger charge is -2.39. The summed E-state index contributed by atoms with van der Waals surface area (Å²) in [4.78, 5) is 2.41. The van der Waals surface area contributed by atoms with Gasteiger partial charge in [-0.1, -0.05) is 0 Å². The molecule has 0 spiro atoms. The zero-order valence-electron chi connectivity index (χ0n) is 7.42. The SMILES string of the molecule is CC(C)N(CCN)C1COC1. The lowest BCUT2D eigenvalue weighted by Crippen LogP contribution is -2.53. The van der Waals surface area contributed by atoms with Crippen molar-refractivity contribution in [2.45, 2.75) is 25.9 Å². The largest absolute Gasteiger partial charge is 0.378 e. The molecule has 0 atom stereocenters. The van der Waals surface area contributed by atoms with Crippen LogP contribution in [0.25, 0.3) is 0 Å². The molecule has 3 heteroatoms. The number of ether oxygens (including phenoxy) is 1. The second-order valence-electron chi connectivity index (χ2n) is 3.31. The van der Waals surface area contributed by atoms with Crippen molar-refractivity contribution in [3.05, 3.63) is 0 Å². The van der Waals surface area contributed by atoms with Gasteiger partial charge in [-0.2, -0.15) is 0 Å². The number of hydrogen-bond donors (Lipinski definition) is 1. The van der Waals surface area contributed by atoms with Gasteiger partial charge in [0.1, 0.15) is 0 Å². The Labute approximate surface area is 68.5 Å². The fourth-order valence-corrected chi connectivity index (χ4v) is 1.43. The van der Waals surface area contributed by atoms with Crippen molar-refractivity contribution < 1.29 is 4.74 Å². The summed E-state index contributed by atoms with van der Waals surface area (Å²) in [5.41, 5.74) is 5.50. The molecule has 3 nitrogen and oxygen atoms in total. The van der Waals surface area contributed by atoms with Crippen molar-refractivity contribution in [3.8, 4) is 0 Å². The summed E-state index contributed by atoms with van der Waals surface area (Å²) in [6.45, 7) is 7.92. The monoisotopic (exact) mass is 158 g/mol. The summed E-state index contributed by atoms with van der Waals surface area (Å²) in [6, 6.07) is 1.21. The molecular weight excluding hydrogens is 140 g/mol. The Kier molecular flexibility index (Phi) is 3.30. The third kappa shape index (κ3) is 2.15. The Bertz CT molecular complexity index is 113. The van der Waals surface area contributed by atoms with Crippen LogP contribution in [0, 0.1) is 0 Å². The first-order valence-corrected chi connectivity index (χ1v) is 4.29. The molecule has 1 aliphatic rings. The molecule has 0 saturated carbocycles. The van der Waals surface area contributed by atoms with Crippen LogP contribution in [-0.4, -0.2) is 43.3 Å². The van der Waals surface area contributed by atoms with Gasteiger partial charge >= 0.3 is 0 Å². The van der Waals surface area contributed by atoms with Crippen LogP contribution < -0.4 is 5.73 Å². The summed E-state index contributed by atoms with van der Waals surface area (Å²) < 4.78 is 5.13. The third-order valence-corrected chi connectivity index (χ3v) is 2.14. The van der Waals surface area contributed by atoms with E-state index in [-0.39, 0.29) is 0 Å². The highest BCUT2D eigenvalue weighted by atomic mass is 16.5. The van der Waals surface area contributed by atoms with Gasteiger partial charge in [0.2, 0.25) is 0 Å². The van der Waals surface area contributed by atoms with Gasteiger partial charge in [0.25, 0.3) is 0 Å². The first kappa shape index (κ1) is 8.97. The average molecular weight is 158 g/mol. The average Bonchev–Trinajstić information content (AvgIpc) is 1.82. The predicted octanol–water partition coefficient (Wildman–Crippen LogP) is 0.0543. The van der Waals surface area contributed by atoms with E-state index in [1.165, 1.54) is 0 Å². The van der Waals surface area contributed by atoms with E-state index < -0.39 is 0 Å². The first-order chi connectivity index (χ1) is 5.25. The number of hydrogen-bond acceptors (Lipinski definition) is 3. The molecule has 0 aliphatic carbocycles. The molecule has 0 aromatic rings. The first-order valence-electron chi connectivity index (χ1n) is 4.29. The van der Waals surface area contributed by atoms with Gasteiger partial charge in [0.05, 0.1) is 19.3 Å². The molecule has 1 aliphatic heterocycles. The van der Waals surface area contributed by atoms with Crippen molar-refractivity contribution >= 4 is 0 Å². The Morgan fingerprint density at radius 3 is 2.45 bits per heavy atom. The minimum atomic E-state index is 0.590. The summed E-state index contributed by atoms with van der Waals surface area (Å²) in [5.74, 6) is 0. The second kappa shape index (κ2) is 4.04. The standard InChI is InChI=1S/C8H18N2O/c1-7(2)10(4-3-9)8-5-11-6-8/h7-8H,3-6,9H2,1-2H3. The van der Waals surface area contributed by atoms with Gasteiger partial charge in [0.15, 0.2) is 0 Å². The summed E-state index contributed by atoms with van der Waals surface area (Å²) in [6.07, 6.45) is 0. The Morgan fingerprint density at radius 2 is 2.18 bits per heavy atom. The van der Waals surface area contributed by atoms with Crippen LogP contribution in [0.1, 0.15) is 13.8 Å². The Morgan fingerprint density at radius 1 is 1.55 bits per heavy atom. The van der Waals surface area contributed by atoms with Crippen LogP contribution >= 0.6 is 0 Å². The second-order valence-corrected chi connectivity index (χ2v) is 3.31. The van der Waals surface area contributed by atoms with Crippen molar-refractivity contribution in [2.75, 3.05) is 26.3 Å². The predicted molar refractivity (Wildman–Crippen MR) is 45.5 cm³/mol. The van der Waals surface area contributed by atoms with Crippen molar-refractivity contribution in [1.29, 1.82) is 0 Å². The molecule has 0 aromatic heterocycles. The van der Waals surface area contributed by atoms with Gasteiger partial charge in [0, 0.05) is 19.1 Å². The molecule has 0 unspecified atom stereocenters. The van der Waals surface area contributed by atoms with Gasteiger partial charge < -0.3 is 10.5 Å². The molecule has 0 radical (unpaired) electrons. The maximum absolute atomic E-state index is 5.50. The minimum Gasteiger partial charge on any atom is -0.378 e. The van der Waals surface area contributed by atoms with E-state index in [2.05, 4.69) is 18.7 Å². The van der Waals surface area contributed by atoms with Crippen LogP contribution in [0.2, 0.25) is 0 Å². The normalized spacial score (nSPS) is 19.4. The molecule has 11 heavy (non-hydrogen) atoms. The number of nitrogens with zero attached hydrogens (tertiary/aromatic N) is 1. The van der Waals surface area contributed by atoms with Gasteiger partial charge in [-0.3, -0.25) is 4.90 Å². The third-order valence-electron chi connectivity index (χ3n) is 2.14. The maximum atomic E-state index is 5.50. The molecule has 1 fully saturated rings. The molecule has 66 valence electrons. The molecule has 0 bridgehead atoms. The summed E-state index contributed by atoms with van der Waals surface area (Å²) in [7, 11) is 0. The smallest absolute Gasteiger partial charge is 0.0645 e. The highest BCUT2D eigenvalue weighted by Gasteiger charge is 2.26. The molecular formula is C8H18N2O. The van der Waals surface area contributed by atoms with Crippen LogP contribution in [-0.2, 0) is 4.74 Å². The van der Waals surface area contributed by atoms with Crippen LogP contribution in [0.5, 0.6) is 0 Å². The molecule has 1 rings (SSSR count). The highest BCUT2D eigenvalue weighted by Crippen LogP contribution is 2.12. The highest BCUT2D eigenvalue weighted by molar-refractivity contribution is 4.79. The van der Waals surface area contributed by atoms with Gasteiger partial charge in [-0.25, -0.2) is 0 Å². The summed E-state index contributed by atoms with van der Waals surface area (Å²) in [5, 5.41) is 0. The van der Waals surface area contributed by atoms with Gasteiger partial charge in [-0.15, -0.1) is 0 Å². The lowest BCUT2D eigenvalue weighted by molar-refractivity contribution is -0.0738. The summed E-state index contributed by atoms with van der Waals surface area (Å²) >= 11 is 0. The van der Waals surface area contributed by atoms with E-state index >= 15 is 0 Å². The van der Waals surface area contributed by atoms with E-state index in [4.69, 9.17) is 10.5 Å². The Balaban J connectivity index is 2.31. The zero-order chi connectivity index (χ0) is 8.27. The van der Waals surface area contributed by atoms with Crippen molar-refractivity contribution in [1.82, 2.24) is 4.90 Å². The lowest BCUT2D eigenvalue weighted by atomic mass is 10.1. The fourth-order valence-electron chi connectivity index (χ4n) is 1.43. The quantitative estimate of drug-likeness (QED) is 0.628. The molecule has 1 heterocycles.